The van der Waals surface area contributed by atoms with E-state index in [1.807, 2.05) is 13.0 Å². The van der Waals surface area contributed by atoms with Crippen LogP contribution in [-0.4, -0.2) is 42.2 Å². The number of fused-ring (bicyclic) bond motifs is 1. The molecule has 0 radical (unpaired) electrons. The molecule has 1 N–H and O–H groups in total. The lowest BCUT2D eigenvalue weighted by Gasteiger charge is -2.21. The van der Waals surface area contributed by atoms with Crippen LogP contribution in [0.3, 0.4) is 0 Å². The highest BCUT2D eigenvalue weighted by Crippen LogP contribution is 2.38. The number of carbonyl (C=O) groups is 3. The molecule has 0 fully saturated rings. The van der Waals surface area contributed by atoms with Crippen molar-refractivity contribution in [3.8, 4) is 18.1 Å². The fourth-order valence-electron chi connectivity index (χ4n) is 3.38. The zero-order chi connectivity index (χ0) is 22.7. The summed E-state index contributed by atoms with van der Waals surface area (Å²) in [6, 6.07) is 7.73. The van der Waals surface area contributed by atoms with E-state index >= 15 is 0 Å². The Balaban J connectivity index is 1.96. The topological polar surface area (TPSA) is 93.1 Å². The fraction of sp³-hybridized carbons (Fsp3) is 0.292. The molecule has 1 aliphatic heterocycles. The molecule has 0 aromatic heterocycles. The number of hydrogen-bond donors (Lipinski definition) is 1. The molecule has 2 amide bonds. The number of terminal acetylenes is 1. The molecule has 2 aromatic rings. The van der Waals surface area contributed by atoms with Crippen molar-refractivity contribution in [1.82, 2.24) is 0 Å². The second-order valence-electron chi connectivity index (χ2n) is 7.29. The van der Waals surface area contributed by atoms with Gasteiger partial charge in [-0.05, 0) is 55.7 Å². The molecule has 7 nitrogen and oxygen atoms in total. The third-order valence-corrected chi connectivity index (χ3v) is 4.94. The van der Waals surface area contributed by atoms with E-state index in [0.717, 1.165) is 10.5 Å². The van der Waals surface area contributed by atoms with Crippen molar-refractivity contribution in [3.05, 3.63) is 58.1 Å². The van der Waals surface area contributed by atoms with Crippen LogP contribution >= 0.6 is 0 Å². The van der Waals surface area contributed by atoms with Crippen LogP contribution in [0.5, 0.6) is 5.75 Å². The first-order valence-electron chi connectivity index (χ1n) is 9.84. The van der Waals surface area contributed by atoms with Gasteiger partial charge in [0.05, 0.1) is 28.5 Å². The second kappa shape index (κ2) is 9.02. The lowest BCUT2D eigenvalue weighted by atomic mass is 10.1. The highest BCUT2D eigenvalue weighted by molar-refractivity contribution is 6.35. The first-order valence-corrected chi connectivity index (χ1v) is 9.84. The number of aliphatic hydroxyl groups excluding tert-OH is 1. The van der Waals surface area contributed by atoms with E-state index in [0.29, 0.717) is 23.4 Å². The van der Waals surface area contributed by atoms with E-state index in [4.69, 9.17) is 15.9 Å². The SMILES string of the molecule is C#CCOc1cc(C)cc(C)c1N1C(=O)c2ccc(C(=O)OCC(O)CC)cc2C1=O. The predicted molar refractivity (Wildman–Crippen MR) is 114 cm³/mol. The number of anilines is 1. The van der Waals surface area contributed by atoms with E-state index in [1.165, 1.54) is 18.2 Å². The van der Waals surface area contributed by atoms with Crippen LogP contribution in [0.25, 0.3) is 0 Å². The molecule has 0 spiro atoms. The maximum Gasteiger partial charge on any atom is 0.338 e. The molecular formula is C24H23NO6. The van der Waals surface area contributed by atoms with Crippen LogP contribution < -0.4 is 9.64 Å². The number of ether oxygens (including phenoxy) is 2. The predicted octanol–water partition coefficient (Wildman–Crippen LogP) is 3.04. The zero-order valence-corrected chi connectivity index (χ0v) is 17.6. The molecule has 1 unspecified atom stereocenters. The van der Waals surface area contributed by atoms with E-state index in [-0.39, 0.29) is 29.9 Å². The number of nitrogens with zero attached hydrogens (tertiary/aromatic N) is 1. The average Bonchev–Trinajstić information content (AvgIpc) is 2.99. The van der Waals surface area contributed by atoms with Crippen molar-refractivity contribution < 1.29 is 29.0 Å². The number of aliphatic hydroxyl groups is 1. The summed E-state index contributed by atoms with van der Waals surface area (Å²) >= 11 is 0. The van der Waals surface area contributed by atoms with Gasteiger partial charge in [-0.1, -0.05) is 18.9 Å². The van der Waals surface area contributed by atoms with Gasteiger partial charge in [-0.2, -0.15) is 0 Å². The Kier molecular flexibility index (Phi) is 6.42. The fourth-order valence-corrected chi connectivity index (χ4v) is 3.38. The highest BCUT2D eigenvalue weighted by Gasteiger charge is 2.39. The third-order valence-electron chi connectivity index (χ3n) is 4.94. The number of aryl methyl sites for hydroxylation is 2. The molecule has 1 aliphatic rings. The molecule has 0 saturated carbocycles. The van der Waals surface area contributed by atoms with Crippen molar-refractivity contribution in [2.45, 2.75) is 33.3 Å². The Morgan fingerprint density at radius 2 is 1.87 bits per heavy atom. The summed E-state index contributed by atoms with van der Waals surface area (Å²) in [6.45, 7) is 5.25. The van der Waals surface area contributed by atoms with Gasteiger partial charge in [0.2, 0.25) is 0 Å². The molecule has 1 heterocycles. The Morgan fingerprint density at radius 3 is 2.55 bits per heavy atom. The number of imide groups is 1. The molecule has 0 saturated heterocycles. The normalized spacial score (nSPS) is 13.6. The van der Waals surface area contributed by atoms with E-state index < -0.39 is 23.9 Å². The molecule has 2 aromatic carbocycles. The minimum Gasteiger partial charge on any atom is -0.479 e. The van der Waals surface area contributed by atoms with Gasteiger partial charge in [-0.15, -0.1) is 6.42 Å². The zero-order valence-electron chi connectivity index (χ0n) is 17.6. The Bertz CT molecular complexity index is 1100. The first-order chi connectivity index (χ1) is 14.8. The minimum atomic E-state index is -0.761. The summed E-state index contributed by atoms with van der Waals surface area (Å²) in [6.07, 6.45) is 4.98. The van der Waals surface area contributed by atoms with Crippen molar-refractivity contribution >= 4 is 23.5 Å². The molecule has 7 heteroatoms. The van der Waals surface area contributed by atoms with Gasteiger partial charge >= 0.3 is 5.97 Å². The van der Waals surface area contributed by atoms with E-state index in [2.05, 4.69) is 5.92 Å². The molecule has 31 heavy (non-hydrogen) atoms. The quantitative estimate of drug-likeness (QED) is 0.420. The summed E-state index contributed by atoms with van der Waals surface area (Å²) in [5.41, 5.74) is 2.28. The molecule has 0 aliphatic carbocycles. The van der Waals surface area contributed by atoms with Crippen LogP contribution in [0.1, 0.15) is 55.5 Å². The molecule has 1 atom stereocenters. The van der Waals surface area contributed by atoms with E-state index in [9.17, 15) is 19.5 Å². The standard InChI is InChI=1S/C24H23NO6/c1-5-9-30-20-11-14(3)10-15(4)21(20)25-22(27)18-8-7-16(12-19(18)23(25)28)24(29)31-13-17(26)6-2/h1,7-8,10-12,17,26H,6,9,13H2,2-4H3. The van der Waals surface area contributed by atoms with E-state index in [1.54, 1.807) is 19.9 Å². The summed E-state index contributed by atoms with van der Waals surface area (Å²) in [7, 11) is 0. The Hall–Kier alpha value is -3.63. The summed E-state index contributed by atoms with van der Waals surface area (Å²) in [4.78, 5) is 39.6. The van der Waals surface area contributed by atoms with Crippen LogP contribution in [0, 0.1) is 26.2 Å². The van der Waals surface area contributed by atoms with Gasteiger partial charge in [-0.3, -0.25) is 9.59 Å². The van der Waals surface area contributed by atoms with Crippen molar-refractivity contribution in [2.24, 2.45) is 0 Å². The molecule has 160 valence electrons. The van der Waals surface area contributed by atoms with Crippen molar-refractivity contribution in [1.29, 1.82) is 0 Å². The van der Waals surface area contributed by atoms with Crippen LogP contribution in [0.2, 0.25) is 0 Å². The lowest BCUT2D eigenvalue weighted by molar-refractivity contribution is 0.0250. The smallest absolute Gasteiger partial charge is 0.338 e. The van der Waals surface area contributed by atoms with Crippen LogP contribution in [0.15, 0.2) is 30.3 Å². The highest BCUT2D eigenvalue weighted by atomic mass is 16.5. The average molecular weight is 421 g/mol. The Morgan fingerprint density at radius 1 is 1.16 bits per heavy atom. The largest absolute Gasteiger partial charge is 0.479 e. The summed E-state index contributed by atoms with van der Waals surface area (Å²) in [5, 5.41) is 9.57. The number of carbonyl (C=O) groups excluding carboxylic acids is 3. The van der Waals surface area contributed by atoms with Gasteiger partial charge in [-0.25, -0.2) is 9.69 Å². The minimum absolute atomic E-state index is 0.0152. The van der Waals surface area contributed by atoms with Gasteiger partial charge in [0.25, 0.3) is 11.8 Å². The van der Waals surface area contributed by atoms with Gasteiger partial charge in [0.1, 0.15) is 19.0 Å². The summed E-state index contributed by atoms with van der Waals surface area (Å²) in [5.74, 6) is 0.943. The molecule has 0 bridgehead atoms. The molecule has 3 rings (SSSR count). The Labute approximate surface area is 180 Å². The first kappa shape index (κ1) is 22.1. The monoisotopic (exact) mass is 421 g/mol. The van der Waals surface area contributed by atoms with Gasteiger partial charge < -0.3 is 14.6 Å². The van der Waals surface area contributed by atoms with Gasteiger partial charge in [0.15, 0.2) is 0 Å². The maximum absolute atomic E-state index is 13.2. The number of esters is 1. The van der Waals surface area contributed by atoms with Crippen molar-refractivity contribution in [3.63, 3.8) is 0 Å². The number of hydrogen-bond acceptors (Lipinski definition) is 6. The van der Waals surface area contributed by atoms with Crippen LogP contribution in [-0.2, 0) is 4.74 Å². The maximum atomic E-state index is 13.2. The second-order valence-corrected chi connectivity index (χ2v) is 7.29. The van der Waals surface area contributed by atoms with Gasteiger partial charge in [0, 0.05) is 0 Å². The van der Waals surface area contributed by atoms with Crippen molar-refractivity contribution in [2.75, 3.05) is 18.1 Å². The number of benzene rings is 2. The number of rotatable bonds is 7. The third kappa shape index (κ3) is 4.30. The summed E-state index contributed by atoms with van der Waals surface area (Å²) < 4.78 is 10.7. The lowest BCUT2D eigenvalue weighted by Crippen LogP contribution is -2.30. The molecular weight excluding hydrogens is 398 g/mol. The van der Waals surface area contributed by atoms with Crippen LogP contribution in [0.4, 0.5) is 5.69 Å². The number of amides is 2.